The Bertz CT molecular complexity index is 968. The monoisotopic (exact) mass is 386 g/mol. The van der Waals surface area contributed by atoms with Crippen molar-refractivity contribution in [2.24, 2.45) is 0 Å². The van der Waals surface area contributed by atoms with E-state index in [4.69, 9.17) is 4.74 Å². The lowest BCUT2D eigenvalue weighted by atomic mass is 10.0. The highest BCUT2D eigenvalue weighted by atomic mass is 32.2. The highest BCUT2D eigenvalue weighted by molar-refractivity contribution is 7.89. The highest BCUT2D eigenvalue weighted by Gasteiger charge is 2.29. The van der Waals surface area contributed by atoms with E-state index in [0.717, 1.165) is 5.56 Å². The molecule has 2 aromatic rings. The molecule has 0 radical (unpaired) electrons. The Morgan fingerprint density at radius 3 is 2.59 bits per heavy atom. The van der Waals surface area contributed by atoms with Crippen LogP contribution in [0.5, 0.6) is 5.75 Å². The van der Waals surface area contributed by atoms with E-state index in [0.29, 0.717) is 23.6 Å². The molecule has 0 aromatic heterocycles. The Morgan fingerprint density at radius 2 is 1.93 bits per heavy atom. The topological polar surface area (TPSA) is 75.7 Å². The molecule has 27 heavy (non-hydrogen) atoms. The molecule has 1 N–H and O–H groups in total. The molecule has 0 saturated carbocycles. The molecular weight excluding hydrogens is 364 g/mol. The highest BCUT2D eigenvalue weighted by Crippen LogP contribution is 2.34. The van der Waals surface area contributed by atoms with E-state index in [1.54, 1.807) is 37.3 Å². The second kappa shape index (κ2) is 7.54. The van der Waals surface area contributed by atoms with Gasteiger partial charge in [0.25, 0.3) is 0 Å². The van der Waals surface area contributed by atoms with Gasteiger partial charge in [-0.2, -0.15) is 4.31 Å². The summed E-state index contributed by atoms with van der Waals surface area (Å²) in [6.45, 7) is 6.01. The Balaban J connectivity index is 1.77. The third-order valence-electron chi connectivity index (χ3n) is 4.55. The number of sulfonamides is 1. The summed E-state index contributed by atoms with van der Waals surface area (Å²) in [5.74, 6) is 0.226. The van der Waals surface area contributed by atoms with Crippen molar-refractivity contribution in [2.75, 3.05) is 19.0 Å². The van der Waals surface area contributed by atoms with E-state index in [1.807, 2.05) is 12.1 Å². The minimum Gasteiger partial charge on any atom is -0.490 e. The average molecular weight is 386 g/mol. The van der Waals surface area contributed by atoms with E-state index < -0.39 is 10.0 Å². The maximum absolute atomic E-state index is 12.9. The van der Waals surface area contributed by atoms with Gasteiger partial charge in [0.2, 0.25) is 15.9 Å². The van der Waals surface area contributed by atoms with Crippen molar-refractivity contribution in [2.45, 2.75) is 24.3 Å². The number of nitrogens with one attached hydrogen (secondary N) is 1. The average Bonchev–Trinajstić information content (AvgIpc) is 2.94. The molecular formula is C20H22N2O4S. The first-order valence-corrected chi connectivity index (χ1v) is 10.0. The van der Waals surface area contributed by atoms with Crippen LogP contribution in [0.15, 0.2) is 60.0 Å². The number of benzene rings is 2. The fraction of sp³-hybridized carbons (Fsp3) is 0.250. The van der Waals surface area contributed by atoms with Gasteiger partial charge in [-0.05, 0) is 48.4 Å². The van der Waals surface area contributed by atoms with Crippen LogP contribution in [0.2, 0.25) is 0 Å². The van der Waals surface area contributed by atoms with Gasteiger partial charge in [0, 0.05) is 19.3 Å². The molecule has 0 aliphatic carbocycles. The fourth-order valence-electron chi connectivity index (χ4n) is 2.92. The van der Waals surface area contributed by atoms with E-state index >= 15 is 0 Å². The summed E-state index contributed by atoms with van der Waals surface area (Å²) in [4.78, 5) is 12.0. The van der Waals surface area contributed by atoms with Crippen molar-refractivity contribution in [1.29, 1.82) is 0 Å². The van der Waals surface area contributed by atoms with Gasteiger partial charge in [0.05, 0.1) is 10.8 Å². The van der Waals surface area contributed by atoms with Gasteiger partial charge in [0.15, 0.2) is 0 Å². The standard InChI is InChI=1S/C20H22N2O4S/c1-4-11-26-16-7-5-15(6-8-16)13-22(3)27(24,25)17-9-10-19-18(12-17)14(2)20(23)21-19/h4-10,12,14H,1,11,13H2,2-3H3,(H,21,23)/t14-/m1/s1. The molecule has 1 atom stereocenters. The van der Waals surface area contributed by atoms with Crippen molar-refractivity contribution >= 4 is 21.6 Å². The first kappa shape index (κ1) is 19.1. The number of ether oxygens (including phenoxy) is 1. The van der Waals surface area contributed by atoms with Gasteiger partial charge in [-0.25, -0.2) is 8.42 Å². The second-order valence-electron chi connectivity index (χ2n) is 6.46. The summed E-state index contributed by atoms with van der Waals surface area (Å²) >= 11 is 0. The van der Waals surface area contributed by atoms with Gasteiger partial charge in [-0.3, -0.25) is 4.79 Å². The number of rotatable bonds is 7. The van der Waals surface area contributed by atoms with Crippen LogP contribution in [0.25, 0.3) is 0 Å². The number of fused-ring (bicyclic) bond motifs is 1. The van der Waals surface area contributed by atoms with Crippen molar-refractivity contribution in [3.05, 3.63) is 66.2 Å². The largest absolute Gasteiger partial charge is 0.490 e. The van der Waals surface area contributed by atoms with Crippen LogP contribution in [0.3, 0.4) is 0 Å². The van der Waals surface area contributed by atoms with Crippen LogP contribution in [0.4, 0.5) is 5.69 Å². The zero-order valence-corrected chi connectivity index (χ0v) is 16.1. The van der Waals surface area contributed by atoms with Crippen LogP contribution in [-0.2, 0) is 21.4 Å². The van der Waals surface area contributed by atoms with Crippen LogP contribution < -0.4 is 10.1 Å². The van der Waals surface area contributed by atoms with Crippen LogP contribution in [-0.4, -0.2) is 32.3 Å². The first-order chi connectivity index (χ1) is 12.8. The molecule has 7 heteroatoms. The van der Waals surface area contributed by atoms with E-state index in [2.05, 4.69) is 11.9 Å². The molecule has 1 amide bonds. The summed E-state index contributed by atoms with van der Waals surface area (Å²) in [5, 5.41) is 2.75. The number of anilines is 1. The second-order valence-corrected chi connectivity index (χ2v) is 8.51. The minimum absolute atomic E-state index is 0.119. The molecule has 1 aliphatic heterocycles. The maximum atomic E-state index is 12.9. The molecule has 0 fully saturated rings. The molecule has 6 nitrogen and oxygen atoms in total. The molecule has 142 valence electrons. The summed E-state index contributed by atoms with van der Waals surface area (Å²) in [6.07, 6.45) is 1.66. The SMILES string of the molecule is C=CCOc1ccc(CN(C)S(=O)(=O)c2ccc3c(c2)[C@@H](C)C(=O)N3)cc1. The van der Waals surface area contributed by atoms with E-state index in [9.17, 15) is 13.2 Å². The molecule has 0 saturated heterocycles. The van der Waals surface area contributed by atoms with Gasteiger partial charge in [-0.15, -0.1) is 0 Å². The van der Waals surface area contributed by atoms with Crippen LogP contribution >= 0.6 is 0 Å². The van der Waals surface area contributed by atoms with Crippen LogP contribution in [0, 0.1) is 0 Å². The molecule has 2 aromatic carbocycles. The lowest BCUT2D eigenvalue weighted by molar-refractivity contribution is -0.116. The van der Waals surface area contributed by atoms with Gasteiger partial charge < -0.3 is 10.1 Å². The summed E-state index contributed by atoms with van der Waals surface area (Å²) < 4.78 is 32.6. The minimum atomic E-state index is -3.67. The number of hydrogen-bond acceptors (Lipinski definition) is 4. The fourth-order valence-corrected chi connectivity index (χ4v) is 4.12. The number of carbonyl (C=O) groups is 1. The van der Waals surface area contributed by atoms with Gasteiger partial charge in [0.1, 0.15) is 12.4 Å². The zero-order valence-electron chi connectivity index (χ0n) is 15.3. The molecule has 1 heterocycles. The quantitative estimate of drug-likeness (QED) is 0.742. The zero-order chi connectivity index (χ0) is 19.6. The lowest BCUT2D eigenvalue weighted by Gasteiger charge is -2.18. The molecule has 0 bridgehead atoms. The molecule has 0 spiro atoms. The Hall–Kier alpha value is -2.64. The van der Waals surface area contributed by atoms with Crippen molar-refractivity contribution in [1.82, 2.24) is 4.31 Å². The third-order valence-corrected chi connectivity index (χ3v) is 6.34. The van der Waals surface area contributed by atoms with E-state index in [-0.39, 0.29) is 23.3 Å². The van der Waals surface area contributed by atoms with Gasteiger partial charge in [-0.1, -0.05) is 24.8 Å². The lowest BCUT2D eigenvalue weighted by Crippen LogP contribution is -2.26. The van der Waals surface area contributed by atoms with Crippen molar-refractivity contribution in [3.63, 3.8) is 0 Å². The maximum Gasteiger partial charge on any atom is 0.243 e. The number of carbonyl (C=O) groups excluding carboxylic acids is 1. The van der Waals surface area contributed by atoms with E-state index in [1.165, 1.54) is 17.4 Å². The Kier molecular flexibility index (Phi) is 5.34. The Labute approximate surface area is 159 Å². The first-order valence-electron chi connectivity index (χ1n) is 8.56. The summed E-state index contributed by atoms with van der Waals surface area (Å²) in [5.41, 5.74) is 2.22. The van der Waals surface area contributed by atoms with Gasteiger partial charge >= 0.3 is 0 Å². The number of nitrogens with zero attached hydrogens (tertiary/aromatic N) is 1. The summed E-state index contributed by atoms with van der Waals surface area (Å²) in [6, 6.07) is 12.0. The predicted molar refractivity (Wildman–Crippen MR) is 104 cm³/mol. The third kappa shape index (κ3) is 3.89. The predicted octanol–water partition coefficient (Wildman–Crippen LogP) is 3.13. The molecule has 3 rings (SSSR count). The number of amides is 1. The number of hydrogen-bond donors (Lipinski definition) is 1. The Morgan fingerprint density at radius 1 is 1.22 bits per heavy atom. The smallest absolute Gasteiger partial charge is 0.243 e. The molecule has 1 aliphatic rings. The summed E-state index contributed by atoms with van der Waals surface area (Å²) in [7, 11) is -2.14. The van der Waals surface area contributed by atoms with Crippen molar-refractivity contribution in [3.8, 4) is 5.75 Å². The van der Waals surface area contributed by atoms with Crippen molar-refractivity contribution < 1.29 is 17.9 Å². The molecule has 0 unspecified atom stereocenters. The normalized spacial score (nSPS) is 16.1. The van der Waals surface area contributed by atoms with Crippen LogP contribution in [0.1, 0.15) is 24.0 Å².